The van der Waals surface area contributed by atoms with E-state index in [0.29, 0.717) is 10.6 Å². The Kier molecular flexibility index (Phi) is 2.00. The molecule has 1 aliphatic rings. The molecule has 1 aliphatic carbocycles. The molecular weight excluding hydrogens is 230 g/mol. The normalized spacial score (nSPS) is 18.8. The molecule has 57 valence electrons. The summed E-state index contributed by atoms with van der Waals surface area (Å²) in [5.74, 6) is 0. The monoisotopic (exact) mass is 235 g/mol. The standard InChI is InChI=1S/C6H4F3.Ru/c7-6(8,9)5-3-1-2-4-5;/h1,3H,2H2;. The van der Waals surface area contributed by atoms with Crippen molar-refractivity contribution in [1.29, 1.82) is 0 Å². The zero-order chi connectivity index (χ0) is 7.78. The van der Waals surface area contributed by atoms with Gasteiger partial charge in [-0.05, 0) is 0 Å². The summed E-state index contributed by atoms with van der Waals surface area (Å²) < 4.78 is 36.0. The molecule has 4 heteroatoms. The van der Waals surface area contributed by atoms with E-state index in [0.717, 1.165) is 6.08 Å². The van der Waals surface area contributed by atoms with Crippen molar-refractivity contribution >= 4 is 0 Å². The van der Waals surface area contributed by atoms with Crippen LogP contribution in [0.4, 0.5) is 13.2 Å². The average Bonchev–Trinajstić information content (AvgIpc) is 2.11. The van der Waals surface area contributed by atoms with Crippen LogP contribution in [0, 0.1) is 0 Å². The Bertz CT molecular complexity index is 200. The van der Waals surface area contributed by atoms with Crippen LogP contribution in [0.3, 0.4) is 0 Å². The van der Waals surface area contributed by atoms with Crippen LogP contribution in [-0.4, -0.2) is 6.18 Å². The molecule has 0 heterocycles. The molecule has 0 fully saturated rings. The van der Waals surface area contributed by atoms with Gasteiger partial charge >= 0.3 is 66.0 Å². The molecular formula is C6H4F3Ru. The van der Waals surface area contributed by atoms with E-state index in [1.165, 1.54) is 6.08 Å². The van der Waals surface area contributed by atoms with Gasteiger partial charge in [-0.25, -0.2) is 0 Å². The van der Waals surface area contributed by atoms with E-state index in [-0.39, 0.29) is 0 Å². The first kappa shape index (κ1) is 7.99. The minimum absolute atomic E-state index is 0.340. The molecule has 0 bridgehead atoms. The van der Waals surface area contributed by atoms with E-state index in [1.54, 1.807) is 0 Å². The fourth-order valence-electron chi connectivity index (χ4n) is 0.721. The van der Waals surface area contributed by atoms with Crippen molar-refractivity contribution < 1.29 is 31.5 Å². The van der Waals surface area contributed by atoms with Crippen molar-refractivity contribution in [2.45, 2.75) is 12.6 Å². The SMILES string of the molecule is FC(F)(F)C1=[C]([Ru])CC=C1. The summed E-state index contributed by atoms with van der Waals surface area (Å²) in [6.07, 6.45) is -1.14. The molecule has 0 amide bonds. The van der Waals surface area contributed by atoms with Gasteiger partial charge in [0, 0.05) is 0 Å². The van der Waals surface area contributed by atoms with Gasteiger partial charge in [0.2, 0.25) is 0 Å². The molecule has 0 atom stereocenters. The first-order valence-corrected chi connectivity index (χ1v) is 3.50. The Morgan fingerprint density at radius 3 is 2.20 bits per heavy atom. The summed E-state index contributed by atoms with van der Waals surface area (Å²) in [5, 5.41) is 0. The van der Waals surface area contributed by atoms with Gasteiger partial charge in [-0.2, -0.15) is 0 Å². The predicted octanol–water partition coefficient (Wildman–Crippen LogP) is 2.31. The van der Waals surface area contributed by atoms with Crippen molar-refractivity contribution in [3.8, 4) is 0 Å². The topological polar surface area (TPSA) is 0 Å². The number of alkyl halides is 3. The molecule has 0 aromatic rings. The molecule has 1 rings (SSSR count). The quantitative estimate of drug-likeness (QED) is 0.564. The van der Waals surface area contributed by atoms with Crippen LogP contribution in [0.15, 0.2) is 21.9 Å². The van der Waals surface area contributed by atoms with Gasteiger partial charge in [0.1, 0.15) is 0 Å². The second-order valence-electron chi connectivity index (χ2n) is 1.91. The maximum atomic E-state index is 11.9. The molecule has 0 radical (unpaired) electrons. The Morgan fingerprint density at radius 2 is 2.00 bits per heavy atom. The summed E-state index contributed by atoms with van der Waals surface area (Å²) in [5.41, 5.74) is -0.510. The molecule has 0 nitrogen and oxygen atoms in total. The number of allylic oxidation sites excluding steroid dienone is 4. The van der Waals surface area contributed by atoms with Crippen LogP contribution >= 0.6 is 0 Å². The molecule has 0 saturated heterocycles. The maximum absolute atomic E-state index is 11.9. The van der Waals surface area contributed by atoms with Gasteiger partial charge in [-0.3, -0.25) is 0 Å². The Labute approximate surface area is 66.5 Å². The van der Waals surface area contributed by atoms with Gasteiger partial charge in [-0.15, -0.1) is 0 Å². The molecule has 0 aliphatic heterocycles. The summed E-state index contributed by atoms with van der Waals surface area (Å²) >= 11 is 2.00. The zero-order valence-corrected chi connectivity index (χ0v) is 6.59. The summed E-state index contributed by atoms with van der Waals surface area (Å²) in [7, 11) is 0. The molecule has 10 heavy (non-hydrogen) atoms. The van der Waals surface area contributed by atoms with Crippen LogP contribution in [0.2, 0.25) is 0 Å². The molecule has 0 N–H and O–H groups in total. The van der Waals surface area contributed by atoms with Crippen molar-refractivity contribution in [2.75, 3.05) is 0 Å². The third-order valence-corrected chi connectivity index (χ3v) is 1.99. The fraction of sp³-hybridized carbons (Fsp3) is 0.333. The third-order valence-electron chi connectivity index (χ3n) is 1.17. The van der Waals surface area contributed by atoms with Gasteiger partial charge in [0.05, 0.1) is 0 Å². The molecule has 0 saturated carbocycles. The van der Waals surface area contributed by atoms with Gasteiger partial charge in [-0.1, -0.05) is 0 Å². The summed E-state index contributed by atoms with van der Waals surface area (Å²) in [4.78, 5) is 0. The molecule has 0 unspecified atom stereocenters. The first-order chi connectivity index (χ1) is 4.52. The predicted molar refractivity (Wildman–Crippen MR) is 26.8 cm³/mol. The molecule has 0 spiro atoms. The van der Waals surface area contributed by atoms with E-state index in [2.05, 4.69) is 0 Å². The van der Waals surface area contributed by atoms with E-state index >= 15 is 0 Å². The van der Waals surface area contributed by atoms with E-state index in [1.807, 2.05) is 18.3 Å². The van der Waals surface area contributed by atoms with E-state index < -0.39 is 11.7 Å². The second-order valence-corrected chi connectivity index (χ2v) is 2.96. The average molecular weight is 234 g/mol. The fourth-order valence-corrected chi connectivity index (χ4v) is 1.32. The first-order valence-electron chi connectivity index (χ1n) is 2.63. The number of hydrogen-bond donors (Lipinski definition) is 0. The summed E-state index contributed by atoms with van der Waals surface area (Å²) in [6.45, 7) is 0. The van der Waals surface area contributed by atoms with Crippen LogP contribution in [-0.2, 0) is 18.3 Å². The Balaban J connectivity index is 2.91. The minimum atomic E-state index is -4.17. The van der Waals surface area contributed by atoms with E-state index in [9.17, 15) is 13.2 Å². The Hall–Kier alpha value is -0.107. The third kappa shape index (κ3) is 1.48. The molecule has 0 aromatic carbocycles. The number of rotatable bonds is 0. The second kappa shape index (κ2) is 2.50. The van der Waals surface area contributed by atoms with Crippen LogP contribution < -0.4 is 0 Å². The van der Waals surface area contributed by atoms with Gasteiger partial charge in [0.15, 0.2) is 0 Å². The van der Waals surface area contributed by atoms with Crippen LogP contribution in [0.5, 0.6) is 0 Å². The van der Waals surface area contributed by atoms with Gasteiger partial charge < -0.3 is 0 Å². The molecule has 0 aromatic heterocycles. The van der Waals surface area contributed by atoms with Gasteiger partial charge in [0.25, 0.3) is 0 Å². The van der Waals surface area contributed by atoms with Crippen LogP contribution in [0.1, 0.15) is 6.42 Å². The number of hydrogen-bond acceptors (Lipinski definition) is 0. The van der Waals surface area contributed by atoms with Crippen LogP contribution in [0.25, 0.3) is 0 Å². The summed E-state index contributed by atoms with van der Waals surface area (Å²) in [6, 6.07) is 0. The zero-order valence-electron chi connectivity index (χ0n) is 4.85. The van der Waals surface area contributed by atoms with Crippen molar-refractivity contribution in [3.05, 3.63) is 21.9 Å². The van der Waals surface area contributed by atoms with Crippen molar-refractivity contribution in [2.24, 2.45) is 0 Å². The number of halogens is 3. The van der Waals surface area contributed by atoms with E-state index in [4.69, 9.17) is 0 Å². The van der Waals surface area contributed by atoms with Crippen molar-refractivity contribution in [3.63, 3.8) is 0 Å². The van der Waals surface area contributed by atoms with Crippen molar-refractivity contribution in [1.82, 2.24) is 0 Å². The Morgan fingerprint density at radius 1 is 1.40 bits per heavy atom.